The molecule has 0 spiro atoms. The van der Waals surface area contributed by atoms with E-state index in [2.05, 4.69) is 42.5 Å². The molecule has 2 rings (SSSR count). The third-order valence-corrected chi connectivity index (χ3v) is 3.84. The zero-order valence-corrected chi connectivity index (χ0v) is 17.8. The Balaban J connectivity index is 0.00000338. The standard InChI is InChI=1S/C20H26N4O.HI/c1-4-15-7-5-9-17(11-15)23-19(25)13-22-20(21)24-18-10-6-8-16(12-18)14(2)3;/h5-12,14H,4,13H2,1-3H3,(H,23,25)(H3,21,22,24);1H. The number of nitrogens with two attached hydrogens (primary N) is 1. The smallest absolute Gasteiger partial charge is 0.246 e. The highest BCUT2D eigenvalue weighted by Crippen LogP contribution is 2.18. The summed E-state index contributed by atoms with van der Waals surface area (Å²) in [4.78, 5) is 16.1. The number of aryl methyl sites for hydroxylation is 1. The van der Waals surface area contributed by atoms with Gasteiger partial charge in [0.25, 0.3) is 0 Å². The number of nitrogens with zero attached hydrogens (tertiary/aromatic N) is 1. The summed E-state index contributed by atoms with van der Waals surface area (Å²) >= 11 is 0. The highest BCUT2D eigenvalue weighted by Gasteiger charge is 2.04. The summed E-state index contributed by atoms with van der Waals surface area (Å²) in [7, 11) is 0. The van der Waals surface area contributed by atoms with Crippen LogP contribution in [0.2, 0.25) is 0 Å². The number of aliphatic imine (C=N–C) groups is 1. The van der Waals surface area contributed by atoms with Crippen LogP contribution >= 0.6 is 24.0 Å². The van der Waals surface area contributed by atoms with Gasteiger partial charge in [-0.05, 0) is 47.7 Å². The summed E-state index contributed by atoms with van der Waals surface area (Å²) in [6.45, 7) is 6.31. The zero-order valence-electron chi connectivity index (χ0n) is 15.5. The van der Waals surface area contributed by atoms with Crippen molar-refractivity contribution < 1.29 is 4.79 Å². The molecule has 0 atom stereocenters. The van der Waals surface area contributed by atoms with Crippen LogP contribution in [0.25, 0.3) is 0 Å². The number of benzene rings is 2. The first-order valence-electron chi connectivity index (χ1n) is 8.53. The Morgan fingerprint density at radius 3 is 2.38 bits per heavy atom. The Hall–Kier alpha value is -2.09. The minimum atomic E-state index is -0.200. The van der Waals surface area contributed by atoms with E-state index < -0.39 is 0 Å². The maximum atomic E-state index is 12.0. The number of hydrogen-bond donors (Lipinski definition) is 3. The minimum Gasteiger partial charge on any atom is -0.370 e. The lowest BCUT2D eigenvalue weighted by molar-refractivity contribution is -0.114. The van der Waals surface area contributed by atoms with E-state index in [1.165, 1.54) is 11.1 Å². The fourth-order valence-electron chi connectivity index (χ4n) is 2.39. The molecule has 0 fully saturated rings. The molecule has 2 aromatic carbocycles. The third-order valence-electron chi connectivity index (χ3n) is 3.84. The summed E-state index contributed by atoms with van der Waals surface area (Å²) in [6, 6.07) is 15.8. The van der Waals surface area contributed by atoms with E-state index in [0.29, 0.717) is 5.92 Å². The molecule has 140 valence electrons. The fraction of sp³-hybridized carbons (Fsp3) is 0.300. The number of rotatable bonds is 6. The molecule has 0 saturated heterocycles. The van der Waals surface area contributed by atoms with Gasteiger partial charge in [0.05, 0.1) is 0 Å². The predicted octanol–water partition coefficient (Wildman–Crippen LogP) is 4.36. The first-order valence-corrected chi connectivity index (χ1v) is 8.53. The maximum absolute atomic E-state index is 12.0. The average molecular weight is 466 g/mol. The van der Waals surface area contributed by atoms with Gasteiger partial charge >= 0.3 is 0 Å². The Kier molecular flexibility index (Phi) is 9.12. The number of nitrogens with one attached hydrogen (secondary N) is 2. The normalized spacial score (nSPS) is 11.0. The van der Waals surface area contributed by atoms with E-state index >= 15 is 0 Å². The molecule has 0 aromatic heterocycles. The fourth-order valence-corrected chi connectivity index (χ4v) is 2.39. The van der Waals surface area contributed by atoms with Crippen molar-refractivity contribution >= 4 is 47.2 Å². The Labute approximate surface area is 172 Å². The SMILES string of the molecule is CCc1cccc(NC(=O)CN=C(N)Nc2cccc(C(C)C)c2)c1.I. The number of hydrogen-bond acceptors (Lipinski definition) is 2. The highest BCUT2D eigenvalue weighted by atomic mass is 127. The van der Waals surface area contributed by atoms with E-state index in [4.69, 9.17) is 5.73 Å². The lowest BCUT2D eigenvalue weighted by Gasteiger charge is -2.10. The summed E-state index contributed by atoms with van der Waals surface area (Å²) < 4.78 is 0. The van der Waals surface area contributed by atoms with Crippen molar-refractivity contribution in [2.45, 2.75) is 33.1 Å². The largest absolute Gasteiger partial charge is 0.370 e. The molecule has 1 amide bonds. The van der Waals surface area contributed by atoms with Crippen LogP contribution in [-0.2, 0) is 11.2 Å². The molecule has 0 heterocycles. The molecule has 5 nitrogen and oxygen atoms in total. The van der Waals surface area contributed by atoms with Gasteiger partial charge in [-0.15, -0.1) is 24.0 Å². The van der Waals surface area contributed by atoms with Crippen LogP contribution in [0.1, 0.15) is 37.8 Å². The molecule has 0 aliphatic heterocycles. The van der Waals surface area contributed by atoms with Crippen LogP contribution in [0, 0.1) is 0 Å². The lowest BCUT2D eigenvalue weighted by Crippen LogP contribution is -2.25. The molecule has 0 aliphatic carbocycles. The monoisotopic (exact) mass is 466 g/mol. The van der Waals surface area contributed by atoms with Crippen molar-refractivity contribution in [3.05, 3.63) is 59.7 Å². The predicted molar refractivity (Wildman–Crippen MR) is 121 cm³/mol. The molecule has 0 unspecified atom stereocenters. The van der Waals surface area contributed by atoms with Gasteiger partial charge in [-0.3, -0.25) is 4.79 Å². The van der Waals surface area contributed by atoms with Crippen LogP contribution in [0.15, 0.2) is 53.5 Å². The van der Waals surface area contributed by atoms with Gasteiger partial charge in [0, 0.05) is 11.4 Å². The van der Waals surface area contributed by atoms with Gasteiger partial charge in [-0.2, -0.15) is 0 Å². The topological polar surface area (TPSA) is 79.5 Å². The third kappa shape index (κ3) is 7.03. The van der Waals surface area contributed by atoms with Gasteiger partial charge in [0.2, 0.25) is 5.91 Å². The molecule has 6 heteroatoms. The molecular weight excluding hydrogens is 439 g/mol. The van der Waals surface area contributed by atoms with Crippen molar-refractivity contribution in [3.8, 4) is 0 Å². The van der Waals surface area contributed by atoms with Crippen molar-refractivity contribution in [2.24, 2.45) is 10.7 Å². The second-order valence-corrected chi connectivity index (χ2v) is 6.21. The Morgan fingerprint density at radius 1 is 1.08 bits per heavy atom. The highest BCUT2D eigenvalue weighted by molar-refractivity contribution is 14.0. The number of halogens is 1. The molecule has 0 aliphatic rings. The summed E-state index contributed by atoms with van der Waals surface area (Å²) in [5, 5.41) is 5.85. The second-order valence-electron chi connectivity index (χ2n) is 6.21. The Morgan fingerprint density at radius 2 is 1.73 bits per heavy atom. The first kappa shape index (κ1) is 22.0. The van der Waals surface area contributed by atoms with Gasteiger partial charge in [0.15, 0.2) is 5.96 Å². The van der Waals surface area contributed by atoms with Crippen LogP contribution in [0.4, 0.5) is 11.4 Å². The number of guanidine groups is 1. The van der Waals surface area contributed by atoms with E-state index in [0.717, 1.165) is 17.8 Å². The number of anilines is 2. The van der Waals surface area contributed by atoms with Crippen LogP contribution in [0.5, 0.6) is 0 Å². The lowest BCUT2D eigenvalue weighted by atomic mass is 10.0. The molecular formula is C20H27IN4O. The van der Waals surface area contributed by atoms with E-state index in [1.807, 2.05) is 42.5 Å². The van der Waals surface area contributed by atoms with Gasteiger partial charge < -0.3 is 16.4 Å². The molecule has 2 aromatic rings. The van der Waals surface area contributed by atoms with E-state index in [1.54, 1.807) is 0 Å². The van der Waals surface area contributed by atoms with Gasteiger partial charge in [0.1, 0.15) is 6.54 Å². The zero-order chi connectivity index (χ0) is 18.2. The van der Waals surface area contributed by atoms with Crippen LogP contribution < -0.4 is 16.4 Å². The second kappa shape index (κ2) is 10.8. The number of carbonyl (C=O) groups is 1. The van der Waals surface area contributed by atoms with Crippen molar-refractivity contribution in [1.29, 1.82) is 0 Å². The molecule has 4 N–H and O–H groups in total. The van der Waals surface area contributed by atoms with E-state index in [9.17, 15) is 4.79 Å². The number of carbonyl (C=O) groups excluding carboxylic acids is 1. The Bertz CT molecular complexity index is 759. The average Bonchev–Trinajstić information content (AvgIpc) is 2.60. The molecule has 0 bridgehead atoms. The quantitative estimate of drug-likeness (QED) is 0.336. The molecule has 0 radical (unpaired) electrons. The van der Waals surface area contributed by atoms with Crippen molar-refractivity contribution in [1.82, 2.24) is 0 Å². The molecule has 26 heavy (non-hydrogen) atoms. The summed E-state index contributed by atoms with van der Waals surface area (Å²) in [5.74, 6) is 0.455. The maximum Gasteiger partial charge on any atom is 0.246 e. The van der Waals surface area contributed by atoms with Crippen LogP contribution in [0.3, 0.4) is 0 Å². The minimum absolute atomic E-state index is 0. The van der Waals surface area contributed by atoms with Crippen LogP contribution in [-0.4, -0.2) is 18.4 Å². The van der Waals surface area contributed by atoms with E-state index in [-0.39, 0.29) is 42.4 Å². The summed E-state index contributed by atoms with van der Waals surface area (Å²) in [5.41, 5.74) is 9.90. The summed E-state index contributed by atoms with van der Waals surface area (Å²) in [6.07, 6.45) is 0.925. The first-order chi connectivity index (χ1) is 12.0. The van der Waals surface area contributed by atoms with Crippen molar-refractivity contribution in [2.75, 3.05) is 17.2 Å². The number of amides is 1. The van der Waals surface area contributed by atoms with Gasteiger partial charge in [-0.1, -0.05) is 45.0 Å². The molecule has 0 saturated carbocycles. The van der Waals surface area contributed by atoms with Gasteiger partial charge in [-0.25, -0.2) is 4.99 Å². The van der Waals surface area contributed by atoms with Crippen molar-refractivity contribution in [3.63, 3.8) is 0 Å².